The van der Waals surface area contributed by atoms with Gasteiger partial charge in [0.15, 0.2) is 0 Å². The van der Waals surface area contributed by atoms with Crippen molar-refractivity contribution in [3.8, 4) is 0 Å². The second-order valence-electron chi connectivity index (χ2n) is 5.59. The molecular weight excluding hydrogens is 314 g/mol. The van der Waals surface area contributed by atoms with Gasteiger partial charge in [0.25, 0.3) is 0 Å². The number of thiazole rings is 1. The lowest BCUT2D eigenvalue weighted by atomic mass is 10.2. The number of amides is 2. The van der Waals surface area contributed by atoms with Crippen LogP contribution in [0.5, 0.6) is 0 Å². The lowest BCUT2D eigenvalue weighted by Crippen LogP contribution is -2.47. The molecule has 1 fully saturated rings. The molecule has 6 nitrogen and oxygen atoms in total. The number of aromatic nitrogens is 1. The minimum absolute atomic E-state index is 0.0615. The molecule has 3 heterocycles. The van der Waals surface area contributed by atoms with E-state index in [0.717, 1.165) is 28.6 Å². The van der Waals surface area contributed by atoms with E-state index in [4.69, 9.17) is 9.15 Å². The molecule has 1 aliphatic heterocycles. The van der Waals surface area contributed by atoms with E-state index in [0.29, 0.717) is 26.2 Å². The van der Waals surface area contributed by atoms with Crippen LogP contribution < -0.4 is 5.32 Å². The molecule has 124 valence electrons. The number of nitrogens with one attached hydrogen (secondary N) is 1. The molecule has 0 aliphatic carbocycles. The Kier molecular flexibility index (Phi) is 4.97. The van der Waals surface area contributed by atoms with Crippen LogP contribution >= 0.6 is 11.3 Å². The van der Waals surface area contributed by atoms with E-state index in [1.54, 1.807) is 16.2 Å². The average molecular weight is 335 g/mol. The Morgan fingerprint density at radius 3 is 3.04 bits per heavy atom. The highest BCUT2D eigenvalue weighted by atomic mass is 32.1. The number of ether oxygens (including phenoxy) is 1. The molecule has 0 aromatic carbocycles. The van der Waals surface area contributed by atoms with Gasteiger partial charge in [-0.1, -0.05) is 0 Å². The van der Waals surface area contributed by atoms with Crippen molar-refractivity contribution in [2.24, 2.45) is 0 Å². The van der Waals surface area contributed by atoms with Crippen molar-refractivity contribution in [3.05, 3.63) is 39.7 Å². The lowest BCUT2D eigenvalue weighted by molar-refractivity contribution is -0.0263. The van der Waals surface area contributed by atoms with Crippen LogP contribution in [0.1, 0.15) is 28.3 Å². The highest BCUT2D eigenvalue weighted by Crippen LogP contribution is 2.24. The Morgan fingerprint density at radius 1 is 1.48 bits per heavy atom. The number of hydrogen-bond donors (Lipinski definition) is 1. The molecule has 1 atom stereocenters. The number of furan rings is 1. The standard InChI is InChI=1S/C16H21N3O3S/c1-11-3-4-14(22-11)15-9-19(7-8-21-15)16(20)17-6-5-13-10-23-12(2)18-13/h3-4,10,15H,5-9H2,1-2H3,(H,17,20). The lowest BCUT2D eigenvalue weighted by Gasteiger charge is -2.32. The third-order valence-electron chi connectivity index (χ3n) is 3.76. The van der Waals surface area contributed by atoms with Gasteiger partial charge in [-0.3, -0.25) is 0 Å². The van der Waals surface area contributed by atoms with Gasteiger partial charge in [-0.25, -0.2) is 9.78 Å². The maximum Gasteiger partial charge on any atom is 0.317 e. The maximum atomic E-state index is 12.3. The number of aryl methyl sites for hydroxylation is 2. The van der Waals surface area contributed by atoms with E-state index in [2.05, 4.69) is 10.3 Å². The topological polar surface area (TPSA) is 67.6 Å². The summed E-state index contributed by atoms with van der Waals surface area (Å²) in [6, 6.07) is 3.76. The zero-order chi connectivity index (χ0) is 16.2. The smallest absolute Gasteiger partial charge is 0.317 e. The van der Waals surface area contributed by atoms with E-state index in [9.17, 15) is 4.79 Å². The highest BCUT2D eigenvalue weighted by molar-refractivity contribution is 7.09. The van der Waals surface area contributed by atoms with E-state index < -0.39 is 0 Å². The third kappa shape index (κ3) is 4.11. The minimum Gasteiger partial charge on any atom is -0.464 e. The monoisotopic (exact) mass is 335 g/mol. The van der Waals surface area contributed by atoms with Gasteiger partial charge in [-0.15, -0.1) is 11.3 Å². The fourth-order valence-corrected chi connectivity index (χ4v) is 3.21. The Hall–Kier alpha value is -1.86. The van der Waals surface area contributed by atoms with Gasteiger partial charge in [-0.2, -0.15) is 0 Å². The molecule has 3 rings (SSSR count). The zero-order valence-corrected chi connectivity index (χ0v) is 14.2. The van der Waals surface area contributed by atoms with Crippen LogP contribution in [0.4, 0.5) is 4.79 Å². The molecule has 2 aromatic rings. The Labute approximate surface area is 139 Å². The van der Waals surface area contributed by atoms with Crippen LogP contribution in [0, 0.1) is 13.8 Å². The van der Waals surface area contributed by atoms with Gasteiger partial charge in [0, 0.05) is 24.9 Å². The van der Waals surface area contributed by atoms with Crippen LogP contribution in [-0.4, -0.2) is 42.2 Å². The molecule has 2 aromatic heterocycles. The highest BCUT2D eigenvalue weighted by Gasteiger charge is 2.27. The van der Waals surface area contributed by atoms with Crippen molar-refractivity contribution in [2.75, 3.05) is 26.2 Å². The van der Waals surface area contributed by atoms with Crippen molar-refractivity contribution in [1.82, 2.24) is 15.2 Å². The van der Waals surface area contributed by atoms with E-state index in [1.807, 2.05) is 31.4 Å². The van der Waals surface area contributed by atoms with E-state index in [-0.39, 0.29) is 12.1 Å². The molecule has 1 aliphatic rings. The van der Waals surface area contributed by atoms with Crippen molar-refractivity contribution < 1.29 is 13.9 Å². The molecule has 23 heavy (non-hydrogen) atoms. The second kappa shape index (κ2) is 7.14. The molecule has 1 unspecified atom stereocenters. The van der Waals surface area contributed by atoms with Gasteiger partial charge < -0.3 is 19.4 Å². The van der Waals surface area contributed by atoms with Crippen molar-refractivity contribution in [3.63, 3.8) is 0 Å². The van der Waals surface area contributed by atoms with E-state index in [1.165, 1.54) is 0 Å². The normalized spacial score (nSPS) is 18.2. The second-order valence-corrected chi connectivity index (χ2v) is 6.66. The number of carbonyl (C=O) groups excluding carboxylic acids is 1. The fraction of sp³-hybridized carbons (Fsp3) is 0.500. The van der Waals surface area contributed by atoms with Crippen LogP contribution in [0.25, 0.3) is 0 Å². The van der Waals surface area contributed by atoms with Crippen molar-refractivity contribution in [1.29, 1.82) is 0 Å². The van der Waals surface area contributed by atoms with Gasteiger partial charge >= 0.3 is 6.03 Å². The van der Waals surface area contributed by atoms with Crippen LogP contribution in [0.3, 0.4) is 0 Å². The molecule has 0 radical (unpaired) electrons. The predicted octanol–water partition coefficient (Wildman–Crippen LogP) is 2.68. The van der Waals surface area contributed by atoms with Crippen molar-refractivity contribution in [2.45, 2.75) is 26.4 Å². The predicted molar refractivity (Wildman–Crippen MR) is 87.7 cm³/mol. The van der Waals surface area contributed by atoms with Crippen molar-refractivity contribution >= 4 is 17.4 Å². The Morgan fingerprint density at radius 2 is 2.35 bits per heavy atom. The van der Waals surface area contributed by atoms with E-state index >= 15 is 0 Å². The quantitative estimate of drug-likeness (QED) is 0.933. The summed E-state index contributed by atoms with van der Waals surface area (Å²) >= 11 is 1.63. The number of carbonyl (C=O) groups is 1. The molecule has 1 saturated heterocycles. The summed E-state index contributed by atoms with van der Waals surface area (Å²) < 4.78 is 11.3. The summed E-state index contributed by atoms with van der Waals surface area (Å²) in [6.07, 6.45) is 0.561. The summed E-state index contributed by atoms with van der Waals surface area (Å²) in [6.45, 7) is 6.09. The van der Waals surface area contributed by atoms with Crippen LogP contribution in [0.2, 0.25) is 0 Å². The first-order chi connectivity index (χ1) is 11.1. The van der Waals surface area contributed by atoms with Gasteiger partial charge in [-0.05, 0) is 26.0 Å². The van der Waals surface area contributed by atoms with Gasteiger partial charge in [0.05, 0.1) is 23.9 Å². The number of nitrogens with zero attached hydrogens (tertiary/aromatic N) is 2. The maximum absolute atomic E-state index is 12.3. The summed E-state index contributed by atoms with van der Waals surface area (Å²) in [5, 5.41) is 6.04. The van der Waals surface area contributed by atoms with Gasteiger partial charge in [0.1, 0.15) is 17.6 Å². The number of hydrogen-bond acceptors (Lipinski definition) is 5. The van der Waals surface area contributed by atoms with Gasteiger partial charge in [0.2, 0.25) is 0 Å². The van der Waals surface area contributed by atoms with Crippen LogP contribution in [-0.2, 0) is 11.2 Å². The SMILES string of the molecule is Cc1ccc(C2CN(C(=O)NCCc3csc(C)n3)CCO2)o1. The minimum atomic E-state index is -0.190. The largest absolute Gasteiger partial charge is 0.464 e. The first kappa shape index (κ1) is 16.0. The molecule has 7 heteroatoms. The summed E-state index contributed by atoms with van der Waals surface area (Å²) in [5.41, 5.74) is 1.03. The number of rotatable bonds is 4. The number of morpholine rings is 1. The molecule has 1 N–H and O–H groups in total. The Balaban J connectivity index is 1.48. The molecule has 2 amide bonds. The van der Waals surface area contributed by atoms with Crippen LogP contribution in [0.15, 0.2) is 21.9 Å². The zero-order valence-electron chi connectivity index (χ0n) is 13.4. The summed E-state index contributed by atoms with van der Waals surface area (Å²) in [7, 11) is 0. The summed E-state index contributed by atoms with van der Waals surface area (Å²) in [5.74, 6) is 1.63. The summed E-state index contributed by atoms with van der Waals surface area (Å²) in [4.78, 5) is 18.5. The average Bonchev–Trinajstić information content (AvgIpc) is 3.16. The molecule has 0 saturated carbocycles. The molecule has 0 bridgehead atoms. The third-order valence-corrected chi connectivity index (χ3v) is 4.58. The molecular formula is C16H21N3O3S. The fourth-order valence-electron chi connectivity index (χ4n) is 2.56. The first-order valence-electron chi connectivity index (χ1n) is 7.73. The molecule has 0 spiro atoms. The number of urea groups is 1. The Bertz CT molecular complexity index is 667. The first-order valence-corrected chi connectivity index (χ1v) is 8.61.